The number of Topliss-reactive ketones (excluding diaryl/α,β-unsaturated/α-hetero) is 1. The largest absolute Gasteiger partial charge is 0.294 e. The van der Waals surface area contributed by atoms with Gasteiger partial charge in [0.15, 0.2) is 5.78 Å². The summed E-state index contributed by atoms with van der Waals surface area (Å²) in [5.41, 5.74) is 2.09. The molecule has 1 aromatic heterocycles. The lowest BCUT2D eigenvalue weighted by Gasteiger charge is -2.10. The van der Waals surface area contributed by atoms with Crippen molar-refractivity contribution >= 4 is 27.2 Å². The Hall–Kier alpha value is -1.93. The van der Waals surface area contributed by atoms with Gasteiger partial charge in [0.1, 0.15) is 0 Å². The van der Waals surface area contributed by atoms with Crippen molar-refractivity contribution in [2.75, 3.05) is 0 Å². The number of rotatable bonds is 4. The number of fused-ring (bicyclic) bond motifs is 1. The second-order valence-electron chi connectivity index (χ2n) is 5.09. The van der Waals surface area contributed by atoms with Gasteiger partial charge in [-0.15, -0.1) is 11.3 Å². The first-order valence-corrected chi connectivity index (χ1v) is 7.68. The maximum Gasteiger partial charge on any atom is 0.165 e. The molecule has 0 aliphatic carbocycles. The second kappa shape index (κ2) is 5.59. The van der Waals surface area contributed by atoms with E-state index in [2.05, 4.69) is 29.6 Å². The third-order valence-corrected chi connectivity index (χ3v) is 4.61. The zero-order chi connectivity index (χ0) is 13.9. The second-order valence-corrected chi connectivity index (χ2v) is 6.00. The van der Waals surface area contributed by atoms with Gasteiger partial charge in [-0.1, -0.05) is 55.5 Å². The van der Waals surface area contributed by atoms with Gasteiger partial charge in [-0.05, 0) is 28.8 Å². The number of thiophene rings is 1. The topological polar surface area (TPSA) is 17.1 Å². The summed E-state index contributed by atoms with van der Waals surface area (Å²) in [7, 11) is 0. The van der Waals surface area contributed by atoms with Crippen molar-refractivity contribution < 1.29 is 4.79 Å². The average Bonchev–Trinajstić information content (AvgIpc) is 2.91. The van der Waals surface area contributed by atoms with Crippen LogP contribution in [0.25, 0.3) is 10.1 Å². The summed E-state index contributed by atoms with van der Waals surface area (Å²) in [4.78, 5) is 12.4. The fraction of sp³-hybridized carbons (Fsp3) is 0.167. The van der Waals surface area contributed by atoms with Gasteiger partial charge >= 0.3 is 0 Å². The average molecular weight is 280 g/mol. The van der Waals surface area contributed by atoms with Crippen molar-refractivity contribution in [3.63, 3.8) is 0 Å². The summed E-state index contributed by atoms with van der Waals surface area (Å²) < 4.78 is 1.29. The van der Waals surface area contributed by atoms with E-state index in [4.69, 9.17) is 0 Å². The third-order valence-electron chi connectivity index (χ3n) is 3.59. The smallest absolute Gasteiger partial charge is 0.165 e. The van der Waals surface area contributed by atoms with Crippen molar-refractivity contribution in [2.24, 2.45) is 5.92 Å². The Morgan fingerprint density at radius 2 is 1.75 bits per heavy atom. The number of carbonyl (C=O) groups is 1. The number of ketones is 1. The maximum absolute atomic E-state index is 12.4. The lowest BCUT2D eigenvalue weighted by atomic mass is 9.93. The summed E-state index contributed by atoms with van der Waals surface area (Å²) in [5, 5.41) is 3.46. The molecule has 0 fully saturated rings. The number of carbonyl (C=O) groups excluding carboxylic acids is 1. The van der Waals surface area contributed by atoms with Crippen LogP contribution in [-0.4, -0.2) is 5.78 Å². The highest BCUT2D eigenvalue weighted by Gasteiger charge is 2.17. The van der Waals surface area contributed by atoms with Crippen LogP contribution < -0.4 is 0 Å². The number of hydrogen-bond donors (Lipinski definition) is 0. The van der Waals surface area contributed by atoms with Gasteiger partial charge in [-0.3, -0.25) is 4.79 Å². The fourth-order valence-electron chi connectivity index (χ4n) is 2.50. The summed E-state index contributed by atoms with van der Waals surface area (Å²) in [6.45, 7) is 2.02. The highest BCUT2D eigenvalue weighted by atomic mass is 32.1. The lowest BCUT2D eigenvalue weighted by molar-refractivity contribution is 0.0929. The van der Waals surface area contributed by atoms with Crippen LogP contribution in [0.4, 0.5) is 0 Å². The molecular formula is C18H16OS. The van der Waals surface area contributed by atoms with Gasteiger partial charge < -0.3 is 0 Å². The van der Waals surface area contributed by atoms with E-state index in [0.29, 0.717) is 0 Å². The van der Waals surface area contributed by atoms with Crippen LogP contribution >= 0.6 is 11.3 Å². The molecular weight excluding hydrogens is 264 g/mol. The van der Waals surface area contributed by atoms with Crippen molar-refractivity contribution in [1.82, 2.24) is 0 Å². The van der Waals surface area contributed by atoms with E-state index in [9.17, 15) is 4.79 Å². The normalized spacial score (nSPS) is 12.4. The molecule has 3 aromatic rings. The molecule has 0 amide bonds. The number of benzene rings is 2. The zero-order valence-electron chi connectivity index (χ0n) is 11.4. The van der Waals surface area contributed by atoms with Gasteiger partial charge in [-0.25, -0.2) is 0 Å². The zero-order valence-corrected chi connectivity index (χ0v) is 12.2. The minimum absolute atomic E-state index is 0.00964. The molecule has 1 heterocycles. The van der Waals surface area contributed by atoms with Crippen molar-refractivity contribution in [3.8, 4) is 0 Å². The lowest BCUT2D eigenvalue weighted by Crippen LogP contribution is -2.13. The van der Waals surface area contributed by atoms with Crippen LogP contribution in [0.1, 0.15) is 22.8 Å². The van der Waals surface area contributed by atoms with Gasteiger partial charge in [0.05, 0.1) is 0 Å². The predicted molar refractivity (Wildman–Crippen MR) is 85.5 cm³/mol. The Morgan fingerprint density at radius 1 is 1.05 bits per heavy atom. The monoisotopic (exact) mass is 280 g/mol. The molecule has 0 aliphatic rings. The molecule has 2 aromatic carbocycles. The summed E-state index contributed by atoms with van der Waals surface area (Å²) >= 11 is 1.75. The molecule has 1 nitrogen and oxygen atoms in total. The minimum atomic E-state index is 0.00964. The SMILES string of the molecule is CC(Cc1csc2ccccc12)C(=O)c1ccccc1. The maximum atomic E-state index is 12.4. The molecule has 0 aliphatic heterocycles. The van der Waals surface area contributed by atoms with Crippen LogP contribution in [0.3, 0.4) is 0 Å². The van der Waals surface area contributed by atoms with Crippen LogP contribution in [0.2, 0.25) is 0 Å². The van der Waals surface area contributed by atoms with E-state index in [1.807, 2.05) is 37.3 Å². The molecule has 0 bridgehead atoms. The van der Waals surface area contributed by atoms with Gasteiger partial charge in [-0.2, -0.15) is 0 Å². The van der Waals surface area contributed by atoms with E-state index in [1.165, 1.54) is 15.6 Å². The molecule has 20 heavy (non-hydrogen) atoms. The van der Waals surface area contributed by atoms with Crippen LogP contribution in [-0.2, 0) is 6.42 Å². The van der Waals surface area contributed by atoms with Crippen molar-refractivity contribution in [3.05, 3.63) is 71.1 Å². The molecule has 100 valence electrons. The Labute approximate surface area is 122 Å². The highest BCUT2D eigenvalue weighted by Crippen LogP contribution is 2.28. The van der Waals surface area contributed by atoms with Gasteiger partial charge in [0.25, 0.3) is 0 Å². The van der Waals surface area contributed by atoms with Gasteiger partial charge in [0, 0.05) is 16.2 Å². The van der Waals surface area contributed by atoms with E-state index >= 15 is 0 Å². The highest BCUT2D eigenvalue weighted by molar-refractivity contribution is 7.17. The number of hydrogen-bond acceptors (Lipinski definition) is 2. The first-order valence-electron chi connectivity index (χ1n) is 6.80. The quantitative estimate of drug-likeness (QED) is 0.617. The first kappa shape index (κ1) is 13.1. The molecule has 2 heteroatoms. The molecule has 0 saturated carbocycles. The van der Waals surface area contributed by atoms with E-state index < -0.39 is 0 Å². The van der Waals surface area contributed by atoms with Crippen LogP contribution in [0.15, 0.2) is 60.0 Å². The Bertz CT molecular complexity index is 727. The van der Waals surface area contributed by atoms with Crippen LogP contribution in [0, 0.1) is 5.92 Å². The third kappa shape index (κ3) is 2.52. The first-order chi connectivity index (χ1) is 9.75. The Kier molecular flexibility index (Phi) is 3.66. The van der Waals surface area contributed by atoms with E-state index in [1.54, 1.807) is 11.3 Å². The van der Waals surface area contributed by atoms with Crippen LogP contribution in [0.5, 0.6) is 0 Å². The van der Waals surface area contributed by atoms with Crippen molar-refractivity contribution in [1.29, 1.82) is 0 Å². The molecule has 0 saturated heterocycles. The van der Waals surface area contributed by atoms with E-state index in [-0.39, 0.29) is 11.7 Å². The fourth-order valence-corrected chi connectivity index (χ4v) is 3.48. The summed E-state index contributed by atoms with van der Waals surface area (Å²) in [5.74, 6) is 0.233. The minimum Gasteiger partial charge on any atom is -0.294 e. The molecule has 0 radical (unpaired) electrons. The summed E-state index contributed by atoms with van der Waals surface area (Å²) in [6.07, 6.45) is 0.803. The predicted octanol–water partition coefficient (Wildman–Crippen LogP) is 4.96. The van der Waals surface area contributed by atoms with E-state index in [0.717, 1.165) is 12.0 Å². The Balaban J connectivity index is 1.82. The van der Waals surface area contributed by atoms with Gasteiger partial charge in [0.2, 0.25) is 0 Å². The Morgan fingerprint density at radius 3 is 2.55 bits per heavy atom. The van der Waals surface area contributed by atoms with Crippen molar-refractivity contribution in [2.45, 2.75) is 13.3 Å². The molecule has 3 rings (SSSR count). The summed E-state index contributed by atoms with van der Waals surface area (Å²) in [6, 6.07) is 17.9. The molecule has 1 atom stereocenters. The molecule has 1 unspecified atom stereocenters. The standard InChI is InChI=1S/C18H16OS/c1-13(18(19)14-7-3-2-4-8-14)11-15-12-20-17-10-6-5-9-16(15)17/h2-10,12-13H,11H2,1H3. The molecule has 0 spiro atoms. The molecule has 0 N–H and O–H groups in total.